The molecule has 6 heteroatoms. The van der Waals surface area contributed by atoms with Crippen LogP contribution in [0.2, 0.25) is 0 Å². The van der Waals surface area contributed by atoms with Crippen molar-refractivity contribution in [3.8, 4) is 17.5 Å². The van der Waals surface area contributed by atoms with Crippen LogP contribution in [0.5, 0.6) is 0 Å². The van der Waals surface area contributed by atoms with Gasteiger partial charge in [0.1, 0.15) is 17.6 Å². The molecule has 1 N–H and O–H groups in total. The van der Waals surface area contributed by atoms with E-state index in [1.807, 2.05) is 22.8 Å². The predicted octanol–water partition coefficient (Wildman–Crippen LogP) is 2.34. The van der Waals surface area contributed by atoms with Crippen molar-refractivity contribution in [2.45, 2.75) is 26.0 Å². The van der Waals surface area contributed by atoms with Crippen LogP contribution in [0.15, 0.2) is 29.0 Å². The van der Waals surface area contributed by atoms with Gasteiger partial charge in [0.2, 0.25) is 0 Å². The minimum Gasteiger partial charge on any atom is -0.378 e. The smallest absolute Gasteiger partial charge is 0.257 e. The summed E-state index contributed by atoms with van der Waals surface area (Å²) >= 11 is 3.46. The number of hydrogen-bond acceptors (Lipinski definition) is 3. The molecule has 0 radical (unpaired) electrons. The minimum atomic E-state index is -1.09. The molecule has 1 aromatic carbocycles. The van der Waals surface area contributed by atoms with E-state index in [1.165, 1.54) is 0 Å². The van der Waals surface area contributed by atoms with E-state index in [1.54, 1.807) is 32.1 Å². The maximum Gasteiger partial charge on any atom is 0.257 e. The fraction of sp³-hybridized carbons (Fsp3) is 0.294. The summed E-state index contributed by atoms with van der Waals surface area (Å²) in [5, 5.41) is 9.79. The van der Waals surface area contributed by atoms with Crippen LogP contribution in [0.1, 0.15) is 35.6 Å². The molecular formula is C17H16BrN3O2. The standard InChI is InChI=1S/C17H16BrN3O2/c1-17(2,23)8-7-12-14-9-20(3)16(22)15-11(18)5-4-6-13(15)21(14)10-19-12/h4-6,10,23H,9H2,1-3H3. The van der Waals surface area contributed by atoms with Gasteiger partial charge in [-0.25, -0.2) is 4.98 Å². The summed E-state index contributed by atoms with van der Waals surface area (Å²) in [6, 6.07) is 5.62. The van der Waals surface area contributed by atoms with Crippen molar-refractivity contribution in [2.75, 3.05) is 7.05 Å². The van der Waals surface area contributed by atoms with Crippen LogP contribution in [0.25, 0.3) is 5.69 Å². The summed E-state index contributed by atoms with van der Waals surface area (Å²) in [7, 11) is 1.75. The topological polar surface area (TPSA) is 58.4 Å². The van der Waals surface area contributed by atoms with E-state index in [2.05, 4.69) is 32.8 Å². The molecule has 0 saturated carbocycles. The van der Waals surface area contributed by atoms with Crippen LogP contribution in [-0.2, 0) is 6.54 Å². The van der Waals surface area contributed by atoms with Crippen LogP contribution in [0.4, 0.5) is 0 Å². The molecule has 2 heterocycles. The second-order valence-corrected chi connectivity index (χ2v) is 6.87. The fourth-order valence-electron chi connectivity index (χ4n) is 2.46. The number of carbonyl (C=O) groups is 1. The zero-order valence-electron chi connectivity index (χ0n) is 13.1. The molecule has 2 aromatic rings. The molecule has 0 aliphatic carbocycles. The van der Waals surface area contributed by atoms with Gasteiger partial charge in [0.15, 0.2) is 0 Å². The highest BCUT2D eigenvalue weighted by Crippen LogP contribution is 2.30. The van der Waals surface area contributed by atoms with E-state index < -0.39 is 5.60 Å². The molecule has 0 spiro atoms. The van der Waals surface area contributed by atoms with Gasteiger partial charge in [-0.05, 0) is 47.8 Å². The maximum atomic E-state index is 12.6. The van der Waals surface area contributed by atoms with Gasteiger partial charge in [-0.1, -0.05) is 12.0 Å². The van der Waals surface area contributed by atoms with Crippen LogP contribution in [0, 0.1) is 11.8 Å². The highest BCUT2D eigenvalue weighted by atomic mass is 79.9. The summed E-state index contributed by atoms with van der Waals surface area (Å²) in [6.45, 7) is 3.64. The second-order valence-electron chi connectivity index (χ2n) is 6.01. The van der Waals surface area contributed by atoms with Crippen LogP contribution >= 0.6 is 15.9 Å². The molecule has 1 aromatic heterocycles. The number of imidazole rings is 1. The first-order valence-electron chi connectivity index (χ1n) is 7.14. The Labute approximate surface area is 143 Å². The Hall–Kier alpha value is -2.10. The molecule has 0 atom stereocenters. The van der Waals surface area contributed by atoms with Crippen LogP contribution in [-0.4, -0.2) is 38.1 Å². The average molecular weight is 374 g/mol. The lowest BCUT2D eigenvalue weighted by molar-refractivity contribution is 0.0787. The van der Waals surface area contributed by atoms with Crippen LogP contribution < -0.4 is 0 Å². The van der Waals surface area contributed by atoms with Gasteiger partial charge in [-0.2, -0.15) is 0 Å². The maximum absolute atomic E-state index is 12.6. The number of rotatable bonds is 0. The van der Waals surface area contributed by atoms with Gasteiger partial charge in [0, 0.05) is 11.5 Å². The van der Waals surface area contributed by atoms with Crippen molar-refractivity contribution >= 4 is 21.8 Å². The Morgan fingerprint density at radius 1 is 1.39 bits per heavy atom. The quantitative estimate of drug-likeness (QED) is 0.721. The SMILES string of the molecule is CN1Cc2c(C#CC(C)(C)O)ncn2-c2cccc(Br)c2C1=O. The number of benzene rings is 1. The van der Waals surface area contributed by atoms with Gasteiger partial charge < -0.3 is 10.0 Å². The first-order valence-corrected chi connectivity index (χ1v) is 7.93. The van der Waals surface area contributed by atoms with Crippen molar-refractivity contribution in [2.24, 2.45) is 0 Å². The molecule has 3 rings (SSSR count). The predicted molar refractivity (Wildman–Crippen MR) is 90.2 cm³/mol. The Balaban J connectivity index is 2.22. The molecule has 0 unspecified atom stereocenters. The third kappa shape index (κ3) is 2.90. The largest absolute Gasteiger partial charge is 0.378 e. The van der Waals surface area contributed by atoms with E-state index in [4.69, 9.17) is 0 Å². The number of carbonyl (C=O) groups excluding carboxylic acids is 1. The van der Waals surface area contributed by atoms with Crippen molar-refractivity contribution in [1.82, 2.24) is 14.5 Å². The highest BCUT2D eigenvalue weighted by molar-refractivity contribution is 9.10. The van der Waals surface area contributed by atoms with E-state index in [0.717, 1.165) is 15.9 Å². The minimum absolute atomic E-state index is 0.0578. The highest BCUT2D eigenvalue weighted by Gasteiger charge is 2.27. The summed E-state index contributed by atoms with van der Waals surface area (Å²) in [5.41, 5.74) is 1.68. The number of nitrogens with zero attached hydrogens (tertiary/aromatic N) is 3. The molecule has 118 valence electrons. The van der Waals surface area contributed by atoms with Gasteiger partial charge >= 0.3 is 0 Å². The lowest BCUT2D eigenvalue weighted by Crippen LogP contribution is -2.25. The first kappa shape index (κ1) is 15.8. The Morgan fingerprint density at radius 3 is 2.83 bits per heavy atom. The van der Waals surface area contributed by atoms with Crippen molar-refractivity contribution < 1.29 is 9.90 Å². The van der Waals surface area contributed by atoms with Gasteiger partial charge in [0.05, 0.1) is 23.5 Å². The number of fused-ring (bicyclic) bond motifs is 3. The Bertz CT molecular complexity index is 853. The lowest BCUT2D eigenvalue weighted by atomic mass is 10.1. The van der Waals surface area contributed by atoms with Crippen LogP contribution in [0.3, 0.4) is 0 Å². The molecule has 0 saturated heterocycles. The normalized spacial score (nSPS) is 13.8. The third-order valence-corrected chi connectivity index (χ3v) is 4.21. The molecule has 1 amide bonds. The van der Waals surface area contributed by atoms with Gasteiger partial charge in [0.25, 0.3) is 5.91 Å². The summed E-state index contributed by atoms with van der Waals surface area (Å²) < 4.78 is 2.63. The van der Waals surface area contributed by atoms with E-state index >= 15 is 0 Å². The molecular weight excluding hydrogens is 358 g/mol. The van der Waals surface area contributed by atoms with E-state index in [-0.39, 0.29) is 5.91 Å². The summed E-state index contributed by atoms with van der Waals surface area (Å²) in [4.78, 5) is 18.6. The number of halogens is 1. The van der Waals surface area contributed by atoms with Gasteiger partial charge in [-0.15, -0.1) is 0 Å². The number of amides is 1. The third-order valence-electron chi connectivity index (χ3n) is 3.55. The van der Waals surface area contributed by atoms with Crippen molar-refractivity contribution in [3.63, 3.8) is 0 Å². The zero-order chi connectivity index (χ0) is 16.8. The lowest BCUT2D eigenvalue weighted by Gasteiger charge is -2.14. The number of aromatic nitrogens is 2. The van der Waals surface area contributed by atoms with E-state index in [0.29, 0.717) is 17.8 Å². The molecule has 0 bridgehead atoms. The van der Waals surface area contributed by atoms with Crippen molar-refractivity contribution in [3.05, 3.63) is 46.0 Å². The molecule has 23 heavy (non-hydrogen) atoms. The average Bonchev–Trinajstić information content (AvgIpc) is 2.81. The summed E-state index contributed by atoms with van der Waals surface area (Å²) in [6.07, 6.45) is 1.67. The molecule has 5 nitrogen and oxygen atoms in total. The van der Waals surface area contributed by atoms with Crippen molar-refractivity contribution in [1.29, 1.82) is 0 Å². The fourth-order valence-corrected chi connectivity index (χ4v) is 2.99. The Kier molecular flexibility index (Phi) is 3.78. The summed E-state index contributed by atoms with van der Waals surface area (Å²) in [5.74, 6) is 5.64. The zero-order valence-corrected chi connectivity index (χ0v) is 14.7. The monoisotopic (exact) mass is 373 g/mol. The second kappa shape index (κ2) is 5.52. The molecule has 0 fully saturated rings. The van der Waals surface area contributed by atoms with Gasteiger partial charge in [-0.3, -0.25) is 9.36 Å². The molecule has 1 aliphatic heterocycles. The molecule has 1 aliphatic rings. The number of hydrogen-bond donors (Lipinski definition) is 1. The van der Waals surface area contributed by atoms with E-state index in [9.17, 15) is 9.90 Å². The number of aliphatic hydroxyl groups is 1. The Morgan fingerprint density at radius 2 is 2.13 bits per heavy atom. The first-order chi connectivity index (χ1) is 10.8.